The molecule has 1 amide bonds. The molecule has 5 heteroatoms. The second kappa shape index (κ2) is 5.25. The Balaban J connectivity index is 3.62. The average molecular weight is 162 g/mol. The minimum atomic E-state index is -0.514. The van der Waals surface area contributed by atoms with E-state index in [1.807, 2.05) is 0 Å². The van der Waals surface area contributed by atoms with Crippen molar-refractivity contribution in [2.75, 3.05) is 12.3 Å². The zero-order chi connectivity index (χ0) is 7.98. The number of nitrogens with one attached hydrogen (secondary N) is 1. The maximum Gasteiger partial charge on any atom is 0.234 e. The van der Waals surface area contributed by atoms with Crippen molar-refractivity contribution in [3.05, 3.63) is 0 Å². The van der Waals surface area contributed by atoms with Gasteiger partial charge in [0, 0.05) is 5.75 Å². The summed E-state index contributed by atoms with van der Waals surface area (Å²) in [5.41, 5.74) is 4.98. The average Bonchev–Trinajstić information content (AvgIpc) is 1.99. The van der Waals surface area contributed by atoms with Crippen LogP contribution in [0, 0.1) is 0 Å². The lowest BCUT2D eigenvalue weighted by Gasteiger charge is -2.07. The summed E-state index contributed by atoms with van der Waals surface area (Å²) >= 11 is 3.82. The molecule has 4 nitrogen and oxygen atoms in total. The number of rotatable bonds is 4. The predicted molar refractivity (Wildman–Crippen MR) is 40.9 cm³/mol. The highest BCUT2D eigenvalue weighted by atomic mass is 32.1. The minimum Gasteiger partial charge on any atom is -0.345 e. The molecule has 10 heavy (non-hydrogen) atoms. The van der Waals surface area contributed by atoms with Crippen LogP contribution in [0.25, 0.3) is 0 Å². The molecule has 0 fully saturated rings. The fourth-order valence-electron chi connectivity index (χ4n) is 0.388. The Kier molecular flexibility index (Phi) is 4.96. The SMILES string of the molecule is NCC(=O)N[C@H](C=O)CS. The zero-order valence-electron chi connectivity index (χ0n) is 5.41. The third kappa shape index (κ3) is 3.47. The van der Waals surface area contributed by atoms with Gasteiger partial charge < -0.3 is 15.8 Å². The fourth-order valence-corrected chi connectivity index (χ4v) is 0.566. The maximum atomic E-state index is 10.5. The van der Waals surface area contributed by atoms with E-state index in [2.05, 4.69) is 17.9 Å². The van der Waals surface area contributed by atoms with Crippen LogP contribution in [0.15, 0.2) is 0 Å². The summed E-state index contributed by atoms with van der Waals surface area (Å²) in [5.74, 6) is -0.0407. The van der Waals surface area contributed by atoms with Crippen molar-refractivity contribution in [3.8, 4) is 0 Å². The Morgan fingerprint density at radius 1 is 1.80 bits per heavy atom. The normalized spacial score (nSPS) is 12.2. The number of carbonyl (C=O) groups excluding carboxylic acids is 2. The topological polar surface area (TPSA) is 72.2 Å². The molecule has 0 aromatic heterocycles. The summed E-state index contributed by atoms with van der Waals surface area (Å²) < 4.78 is 0. The second-order valence-corrected chi connectivity index (χ2v) is 2.06. The molecule has 0 rings (SSSR count). The van der Waals surface area contributed by atoms with E-state index in [0.29, 0.717) is 12.0 Å². The van der Waals surface area contributed by atoms with Gasteiger partial charge in [-0.05, 0) is 0 Å². The summed E-state index contributed by atoms with van der Waals surface area (Å²) in [6, 6.07) is -0.514. The van der Waals surface area contributed by atoms with E-state index in [0.717, 1.165) is 0 Å². The lowest BCUT2D eigenvalue weighted by Crippen LogP contribution is -2.40. The number of thiol groups is 1. The Morgan fingerprint density at radius 2 is 2.40 bits per heavy atom. The molecule has 0 radical (unpaired) electrons. The van der Waals surface area contributed by atoms with E-state index in [9.17, 15) is 9.59 Å². The molecule has 0 aliphatic heterocycles. The van der Waals surface area contributed by atoms with Crippen LogP contribution in [0.3, 0.4) is 0 Å². The van der Waals surface area contributed by atoms with Crippen molar-refractivity contribution in [1.82, 2.24) is 5.32 Å². The Labute approximate surface area is 64.6 Å². The molecular formula is C5H10N2O2S. The minimum absolute atomic E-state index is 0.0991. The van der Waals surface area contributed by atoms with Gasteiger partial charge in [-0.25, -0.2) is 0 Å². The third-order valence-corrected chi connectivity index (χ3v) is 1.29. The Hall–Kier alpha value is -0.550. The third-order valence-electron chi connectivity index (χ3n) is 0.893. The first-order valence-electron chi connectivity index (χ1n) is 2.80. The van der Waals surface area contributed by atoms with Gasteiger partial charge in [0.2, 0.25) is 5.91 Å². The van der Waals surface area contributed by atoms with Gasteiger partial charge in [-0.1, -0.05) is 0 Å². The van der Waals surface area contributed by atoms with Gasteiger partial charge in [0.25, 0.3) is 0 Å². The first-order valence-corrected chi connectivity index (χ1v) is 3.43. The Bertz CT molecular complexity index is 129. The number of hydrogen-bond acceptors (Lipinski definition) is 4. The van der Waals surface area contributed by atoms with Crippen molar-refractivity contribution < 1.29 is 9.59 Å². The smallest absolute Gasteiger partial charge is 0.234 e. The molecule has 1 atom stereocenters. The molecule has 0 unspecified atom stereocenters. The van der Waals surface area contributed by atoms with Gasteiger partial charge >= 0.3 is 0 Å². The molecule has 3 N–H and O–H groups in total. The number of nitrogens with two attached hydrogens (primary N) is 1. The van der Waals surface area contributed by atoms with Gasteiger partial charge in [0.1, 0.15) is 6.29 Å². The fraction of sp³-hybridized carbons (Fsp3) is 0.600. The predicted octanol–water partition coefficient (Wildman–Crippen LogP) is -1.44. The molecule has 0 saturated heterocycles. The number of amides is 1. The lowest BCUT2D eigenvalue weighted by atomic mass is 10.4. The molecule has 58 valence electrons. The molecule has 0 heterocycles. The molecule has 0 aromatic carbocycles. The molecule has 0 bridgehead atoms. The summed E-state index contributed by atoms with van der Waals surface area (Å²) in [6.07, 6.45) is 0.626. The molecule has 0 aliphatic rings. The first kappa shape index (κ1) is 9.45. The van der Waals surface area contributed by atoms with Crippen LogP contribution in [-0.2, 0) is 9.59 Å². The first-order chi connectivity index (χ1) is 4.74. The van der Waals surface area contributed by atoms with E-state index < -0.39 is 6.04 Å². The van der Waals surface area contributed by atoms with Crippen LogP contribution in [-0.4, -0.2) is 30.5 Å². The van der Waals surface area contributed by atoms with Gasteiger partial charge in [-0.2, -0.15) is 12.6 Å². The summed E-state index contributed by atoms with van der Waals surface area (Å²) in [4.78, 5) is 20.6. The summed E-state index contributed by atoms with van der Waals surface area (Å²) in [6.45, 7) is -0.0991. The van der Waals surface area contributed by atoms with E-state index in [1.165, 1.54) is 0 Å². The largest absolute Gasteiger partial charge is 0.345 e. The number of carbonyl (C=O) groups is 2. The second-order valence-electron chi connectivity index (χ2n) is 1.70. The van der Waals surface area contributed by atoms with Crippen molar-refractivity contribution in [2.45, 2.75) is 6.04 Å². The number of hydrogen-bond donors (Lipinski definition) is 3. The summed E-state index contributed by atoms with van der Waals surface area (Å²) in [7, 11) is 0. The highest BCUT2D eigenvalue weighted by Gasteiger charge is 2.06. The molecular weight excluding hydrogens is 152 g/mol. The van der Waals surface area contributed by atoms with E-state index in [-0.39, 0.29) is 12.5 Å². The van der Waals surface area contributed by atoms with E-state index >= 15 is 0 Å². The van der Waals surface area contributed by atoms with E-state index in [1.54, 1.807) is 0 Å². The van der Waals surface area contributed by atoms with Crippen LogP contribution < -0.4 is 11.1 Å². The quantitative estimate of drug-likeness (QED) is 0.350. The molecule has 0 spiro atoms. The van der Waals surface area contributed by atoms with Gasteiger partial charge in [0.05, 0.1) is 12.6 Å². The van der Waals surface area contributed by atoms with Gasteiger partial charge in [0.15, 0.2) is 0 Å². The van der Waals surface area contributed by atoms with Crippen molar-refractivity contribution in [1.29, 1.82) is 0 Å². The van der Waals surface area contributed by atoms with Crippen LogP contribution >= 0.6 is 12.6 Å². The highest BCUT2D eigenvalue weighted by molar-refractivity contribution is 7.80. The van der Waals surface area contributed by atoms with E-state index in [4.69, 9.17) is 5.73 Å². The standard InChI is InChI=1S/C5H10N2O2S/c6-1-5(9)7-4(2-8)3-10/h2,4,10H,1,3,6H2,(H,7,9)/t4-/m1/s1. The molecule has 0 aromatic rings. The zero-order valence-corrected chi connectivity index (χ0v) is 6.30. The monoisotopic (exact) mass is 162 g/mol. The van der Waals surface area contributed by atoms with Crippen LogP contribution in [0.5, 0.6) is 0 Å². The van der Waals surface area contributed by atoms with Crippen LogP contribution in [0.1, 0.15) is 0 Å². The maximum absolute atomic E-state index is 10.5. The lowest BCUT2D eigenvalue weighted by molar-refractivity contribution is -0.122. The highest BCUT2D eigenvalue weighted by Crippen LogP contribution is 1.81. The van der Waals surface area contributed by atoms with Crippen molar-refractivity contribution >= 4 is 24.8 Å². The summed E-state index contributed by atoms with van der Waals surface area (Å²) in [5, 5.41) is 2.36. The van der Waals surface area contributed by atoms with Gasteiger partial charge in [-0.3, -0.25) is 4.79 Å². The number of aldehydes is 1. The van der Waals surface area contributed by atoms with Crippen LogP contribution in [0.2, 0.25) is 0 Å². The molecule has 0 saturated carbocycles. The van der Waals surface area contributed by atoms with Crippen LogP contribution in [0.4, 0.5) is 0 Å². The van der Waals surface area contributed by atoms with Gasteiger partial charge in [-0.15, -0.1) is 0 Å². The van der Waals surface area contributed by atoms with Crippen molar-refractivity contribution in [3.63, 3.8) is 0 Å². The molecule has 0 aliphatic carbocycles. The Morgan fingerprint density at radius 3 is 2.70 bits per heavy atom. The van der Waals surface area contributed by atoms with Crippen molar-refractivity contribution in [2.24, 2.45) is 5.73 Å².